The van der Waals surface area contributed by atoms with Crippen LogP contribution in [-0.4, -0.2) is 122 Å². The molecule has 0 saturated carbocycles. The minimum atomic E-state index is -0.936. The largest absolute Gasteiger partial charge is 0.444 e. The molecule has 1 aromatic heterocycles. The van der Waals surface area contributed by atoms with E-state index in [-0.39, 0.29) is 51.6 Å². The van der Waals surface area contributed by atoms with Crippen LogP contribution in [0, 0.1) is 0 Å². The second-order valence-corrected chi connectivity index (χ2v) is 10.3. The number of nitrogens with two attached hydrogens (primary N) is 3. The summed E-state index contributed by atoms with van der Waals surface area (Å²) < 4.78 is 11.9. The summed E-state index contributed by atoms with van der Waals surface area (Å²) in [6.07, 6.45) is 1.85. The molecule has 19 heteroatoms. The fourth-order valence-corrected chi connectivity index (χ4v) is 3.03. The van der Waals surface area contributed by atoms with Crippen molar-refractivity contribution in [2.75, 3.05) is 39.6 Å². The molecule has 0 aliphatic carbocycles. The van der Waals surface area contributed by atoms with E-state index >= 15 is 0 Å². The third kappa shape index (κ3) is 23.9. The molecule has 0 aliphatic heterocycles. The Kier molecular flexibility index (Phi) is 26.3. The van der Waals surface area contributed by atoms with Crippen molar-refractivity contribution in [1.82, 2.24) is 20.4 Å². The minimum Gasteiger partial charge on any atom is -0.444 e. The van der Waals surface area contributed by atoms with Crippen molar-refractivity contribution in [2.45, 2.75) is 38.3 Å². The number of nitrogens with zero attached hydrogens (tertiary/aromatic N) is 4. The van der Waals surface area contributed by atoms with E-state index in [4.69, 9.17) is 47.1 Å². The summed E-state index contributed by atoms with van der Waals surface area (Å²) in [5.41, 5.74) is 17.4. The van der Waals surface area contributed by atoms with Crippen molar-refractivity contribution in [3.05, 3.63) is 96.8 Å². The Morgan fingerprint density at radius 2 is 1.17 bits per heavy atom. The van der Waals surface area contributed by atoms with Gasteiger partial charge < -0.3 is 57.3 Å². The molecule has 14 N–H and O–H groups in total. The summed E-state index contributed by atoms with van der Waals surface area (Å²) in [4.78, 5) is 31.4. The molecule has 0 spiro atoms. The highest BCUT2D eigenvalue weighted by Gasteiger charge is 2.15. The first kappa shape index (κ1) is 46.6. The number of benzene rings is 2. The Hall–Kier alpha value is -5.41. The molecular weight excluding hydrogens is 682 g/mol. The summed E-state index contributed by atoms with van der Waals surface area (Å²) in [5, 5.41) is 59.8. The lowest BCUT2D eigenvalue weighted by Crippen LogP contribution is -2.45. The summed E-state index contributed by atoms with van der Waals surface area (Å²) in [5.74, 6) is -0.433. The molecule has 0 unspecified atom stereocenters. The van der Waals surface area contributed by atoms with Crippen LogP contribution in [0.15, 0.2) is 95.7 Å². The van der Waals surface area contributed by atoms with E-state index in [0.29, 0.717) is 0 Å². The molecule has 52 heavy (non-hydrogen) atoms. The fraction of sp³-hybridized carbons (Fsp3) is 0.364. The van der Waals surface area contributed by atoms with Crippen molar-refractivity contribution in [1.29, 1.82) is 0 Å². The first-order valence-corrected chi connectivity index (χ1v) is 15.6. The Bertz CT molecular complexity index is 1360. The van der Waals surface area contributed by atoms with Gasteiger partial charge in [-0.3, -0.25) is 10.6 Å². The number of aromatic nitrogens is 2. The number of alkyl carbamates (subject to hydrolysis) is 2. The second kappa shape index (κ2) is 29.3. The van der Waals surface area contributed by atoms with E-state index in [9.17, 15) is 19.8 Å². The van der Waals surface area contributed by atoms with Crippen LogP contribution in [0.25, 0.3) is 5.70 Å². The van der Waals surface area contributed by atoms with Crippen LogP contribution in [-0.2, 0) is 22.7 Å². The zero-order valence-corrected chi connectivity index (χ0v) is 28.9. The number of aliphatic imine (C=N–C) groups is 2. The summed E-state index contributed by atoms with van der Waals surface area (Å²) in [6, 6.07) is 18.0. The maximum Gasteiger partial charge on any atom is 0.414 e. The third-order valence-electron chi connectivity index (χ3n) is 5.72. The van der Waals surface area contributed by atoms with Gasteiger partial charge in [0.05, 0.1) is 57.8 Å². The SMILES string of the molecule is C=C(C)n1cccn1.NC(CO)CO.NC(N)=NC(CO)CO.O=C(NC(=NC(CO)CO)NC(=O)OCc1ccccc1)OCc1ccccc1. The number of carbonyl (C=O) groups is 2. The minimum absolute atomic E-state index is 0.0157. The zero-order valence-electron chi connectivity index (χ0n) is 28.9. The molecule has 0 atom stereocenters. The zero-order chi connectivity index (χ0) is 39.1. The van der Waals surface area contributed by atoms with Crippen LogP contribution < -0.4 is 27.8 Å². The number of rotatable bonds is 13. The molecule has 0 aliphatic rings. The van der Waals surface area contributed by atoms with Gasteiger partial charge in [-0.1, -0.05) is 67.2 Å². The molecule has 19 nitrogen and oxygen atoms in total. The van der Waals surface area contributed by atoms with E-state index in [1.807, 2.05) is 31.3 Å². The predicted octanol–water partition coefficient (Wildman–Crippen LogP) is -1.17. The normalized spacial score (nSPS) is 9.90. The number of allylic oxidation sites excluding steroid dienone is 1. The average molecular weight is 734 g/mol. The molecular formula is C33H51N9O10. The van der Waals surface area contributed by atoms with E-state index in [1.54, 1.807) is 59.4 Å². The molecule has 0 radical (unpaired) electrons. The Morgan fingerprint density at radius 3 is 1.44 bits per heavy atom. The van der Waals surface area contributed by atoms with Gasteiger partial charge >= 0.3 is 12.2 Å². The molecule has 0 bridgehead atoms. The van der Waals surface area contributed by atoms with Crippen LogP contribution in [0.4, 0.5) is 9.59 Å². The predicted molar refractivity (Wildman–Crippen MR) is 194 cm³/mol. The van der Waals surface area contributed by atoms with Gasteiger partial charge in [0.15, 0.2) is 5.96 Å². The maximum absolute atomic E-state index is 12.0. The number of hydrogen-bond acceptors (Lipinski definition) is 14. The number of guanidine groups is 2. The number of nitrogens with one attached hydrogen (secondary N) is 2. The van der Waals surface area contributed by atoms with E-state index in [0.717, 1.165) is 16.8 Å². The number of hydrogen-bond donors (Lipinski definition) is 11. The smallest absolute Gasteiger partial charge is 0.414 e. The van der Waals surface area contributed by atoms with E-state index in [2.05, 4.69) is 32.3 Å². The average Bonchev–Trinajstić information content (AvgIpc) is 3.71. The van der Waals surface area contributed by atoms with Crippen molar-refractivity contribution in [2.24, 2.45) is 27.2 Å². The van der Waals surface area contributed by atoms with Crippen LogP contribution in [0.3, 0.4) is 0 Å². The van der Waals surface area contributed by atoms with Crippen LogP contribution in [0.5, 0.6) is 0 Å². The highest BCUT2D eigenvalue weighted by Crippen LogP contribution is 2.02. The highest BCUT2D eigenvalue weighted by molar-refractivity contribution is 6.01. The number of amides is 2. The molecule has 0 fully saturated rings. The number of ether oxygens (including phenoxy) is 2. The molecule has 3 rings (SSSR count). The second-order valence-electron chi connectivity index (χ2n) is 10.3. The van der Waals surface area contributed by atoms with Crippen molar-refractivity contribution >= 4 is 29.8 Å². The Labute approximate surface area is 301 Å². The van der Waals surface area contributed by atoms with Gasteiger partial charge in [0.1, 0.15) is 13.2 Å². The van der Waals surface area contributed by atoms with Gasteiger partial charge in [-0.05, 0) is 24.1 Å². The van der Waals surface area contributed by atoms with Gasteiger partial charge in [0.25, 0.3) is 0 Å². The molecule has 2 aromatic carbocycles. The fourth-order valence-electron chi connectivity index (χ4n) is 3.03. The quantitative estimate of drug-likeness (QED) is 0.0729. The van der Waals surface area contributed by atoms with Crippen molar-refractivity contribution in [3.8, 4) is 0 Å². The molecule has 2 amide bonds. The maximum atomic E-state index is 12.0. The Morgan fingerprint density at radius 1 is 0.750 bits per heavy atom. The number of carbonyl (C=O) groups excluding carboxylic acids is 2. The van der Waals surface area contributed by atoms with Crippen molar-refractivity contribution in [3.63, 3.8) is 0 Å². The van der Waals surface area contributed by atoms with Gasteiger partial charge in [0, 0.05) is 18.1 Å². The topological polar surface area (TPSA) is 319 Å². The standard InChI is InChI=1S/C20H23N3O6.C6H8N2.C4H11N3O2.C3H9NO2/c24-11-17(12-25)21-18(22-19(26)28-13-15-7-3-1-4-8-15)23-20(27)29-14-16-9-5-2-6-10-16;1-6(2)8-5-3-4-7-8;5-4(6)7-3(1-8)2-9;4-3(1-5)2-6/h1-10,17,24-25H,11-14H2,(H2,21,22,23,26,27);3-5H,1H2,2H3;3,8-9H,1-2H2,(H4,5,6,7);3,5-6H,1-2,4H2. The molecule has 0 saturated heterocycles. The summed E-state index contributed by atoms with van der Waals surface area (Å²) in [6.45, 7) is 3.90. The molecule has 288 valence electrons. The summed E-state index contributed by atoms with van der Waals surface area (Å²) >= 11 is 0. The van der Waals surface area contributed by atoms with Gasteiger partial charge in [-0.2, -0.15) is 5.10 Å². The number of aliphatic hydroxyl groups excluding tert-OH is 6. The third-order valence-corrected chi connectivity index (χ3v) is 5.72. The lowest BCUT2D eigenvalue weighted by atomic mass is 10.2. The summed E-state index contributed by atoms with van der Waals surface area (Å²) in [7, 11) is 0. The van der Waals surface area contributed by atoms with Gasteiger partial charge in [-0.15, -0.1) is 0 Å². The van der Waals surface area contributed by atoms with Crippen LogP contribution in [0.2, 0.25) is 0 Å². The van der Waals surface area contributed by atoms with Crippen LogP contribution >= 0.6 is 0 Å². The lowest BCUT2D eigenvalue weighted by molar-refractivity contribution is 0.141. The molecule has 3 aromatic rings. The highest BCUT2D eigenvalue weighted by atomic mass is 16.6. The van der Waals surface area contributed by atoms with Gasteiger partial charge in [-0.25, -0.2) is 24.3 Å². The van der Waals surface area contributed by atoms with E-state index in [1.165, 1.54) is 0 Å². The number of aliphatic hydroxyl groups is 6. The van der Waals surface area contributed by atoms with Crippen LogP contribution in [0.1, 0.15) is 18.1 Å². The first-order valence-electron chi connectivity index (χ1n) is 15.6. The monoisotopic (exact) mass is 733 g/mol. The van der Waals surface area contributed by atoms with Gasteiger partial charge in [0.2, 0.25) is 5.96 Å². The molecule has 1 heterocycles. The Balaban J connectivity index is 0.000000908. The lowest BCUT2D eigenvalue weighted by Gasteiger charge is -2.14. The van der Waals surface area contributed by atoms with E-state index < -0.39 is 43.5 Å². The first-order chi connectivity index (χ1) is 24.9. The van der Waals surface area contributed by atoms with Crippen molar-refractivity contribution < 1.29 is 49.7 Å².